The summed E-state index contributed by atoms with van der Waals surface area (Å²) in [4.78, 5) is 26.3. The maximum atomic E-state index is 13.2. The highest BCUT2D eigenvalue weighted by Gasteiger charge is 2.16. The molecule has 0 aliphatic carbocycles. The number of nitrogens with zero attached hydrogens (tertiary/aromatic N) is 1. The summed E-state index contributed by atoms with van der Waals surface area (Å²) in [6.45, 7) is 0. The Hall–Kier alpha value is -3.77. The van der Waals surface area contributed by atoms with Gasteiger partial charge in [-0.3, -0.25) is 14.2 Å². The van der Waals surface area contributed by atoms with Crippen molar-refractivity contribution in [2.24, 2.45) is 0 Å². The number of anilines is 1. The molecule has 0 unspecified atom stereocenters. The van der Waals surface area contributed by atoms with Gasteiger partial charge >= 0.3 is 0 Å². The average molecular weight is 435 g/mol. The van der Waals surface area contributed by atoms with Crippen LogP contribution in [0.15, 0.2) is 77.7 Å². The molecule has 31 heavy (non-hydrogen) atoms. The summed E-state index contributed by atoms with van der Waals surface area (Å²) in [5, 5.41) is 4.44. The number of benzene rings is 3. The highest BCUT2D eigenvalue weighted by Crippen LogP contribution is 2.30. The smallest absolute Gasteiger partial charge is 0.262 e. The normalized spacial score (nSPS) is 10.7. The summed E-state index contributed by atoms with van der Waals surface area (Å²) in [6, 6.07) is 19.0. The number of rotatable bonds is 5. The van der Waals surface area contributed by atoms with Crippen LogP contribution in [0.5, 0.6) is 11.5 Å². The first-order valence-corrected chi connectivity index (χ1v) is 9.83. The van der Waals surface area contributed by atoms with Gasteiger partial charge in [0.05, 0.1) is 19.8 Å². The number of carbonyl (C=O) groups excluding carboxylic acids is 1. The van der Waals surface area contributed by atoms with E-state index in [2.05, 4.69) is 5.32 Å². The number of methoxy groups -OCH3 is 2. The van der Waals surface area contributed by atoms with Gasteiger partial charge in [-0.15, -0.1) is 0 Å². The number of nitrogens with one attached hydrogen (secondary N) is 1. The fourth-order valence-corrected chi connectivity index (χ4v) is 3.50. The zero-order chi connectivity index (χ0) is 22.0. The molecule has 0 atom stereocenters. The Bertz CT molecular complexity index is 1330. The number of halogens is 1. The van der Waals surface area contributed by atoms with Crippen molar-refractivity contribution in [3.63, 3.8) is 0 Å². The Balaban J connectivity index is 1.81. The Labute approximate surface area is 183 Å². The van der Waals surface area contributed by atoms with E-state index in [-0.39, 0.29) is 11.5 Å². The number of ether oxygens (including phenoxy) is 2. The second-order valence-electron chi connectivity index (χ2n) is 6.76. The number of amides is 1. The molecule has 1 N–H and O–H groups in total. The molecule has 6 nitrogen and oxygen atoms in total. The second-order valence-corrected chi connectivity index (χ2v) is 7.20. The van der Waals surface area contributed by atoms with Crippen molar-refractivity contribution in [2.45, 2.75) is 0 Å². The zero-order valence-electron chi connectivity index (χ0n) is 16.9. The van der Waals surface area contributed by atoms with Gasteiger partial charge < -0.3 is 14.8 Å². The number of hydrogen-bond donors (Lipinski definition) is 1. The number of fused-ring (bicyclic) bond motifs is 1. The molecule has 0 saturated carbocycles. The second kappa shape index (κ2) is 8.53. The molecular formula is C24H19ClN2O4. The third-order valence-electron chi connectivity index (χ3n) is 4.92. The van der Waals surface area contributed by atoms with Gasteiger partial charge in [-0.25, -0.2) is 0 Å². The number of hydrogen-bond acceptors (Lipinski definition) is 4. The number of aromatic nitrogens is 1. The van der Waals surface area contributed by atoms with Crippen molar-refractivity contribution in [3.05, 3.63) is 93.9 Å². The molecule has 0 radical (unpaired) electrons. The highest BCUT2D eigenvalue weighted by molar-refractivity contribution is 6.30. The SMILES string of the molecule is COc1ccc(NC(=O)c2cn(-c3ccc(Cl)cc3)c(=O)c3ccccc23)cc1OC. The summed E-state index contributed by atoms with van der Waals surface area (Å²) in [6.07, 6.45) is 1.55. The van der Waals surface area contributed by atoms with Crippen molar-refractivity contribution in [3.8, 4) is 17.2 Å². The van der Waals surface area contributed by atoms with E-state index in [1.807, 2.05) is 0 Å². The van der Waals surface area contributed by atoms with E-state index in [1.54, 1.807) is 80.0 Å². The summed E-state index contributed by atoms with van der Waals surface area (Å²) in [7, 11) is 3.07. The maximum Gasteiger partial charge on any atom is 0.262 e. The number of carbonyl (C=O) groups is 1. The van der Waals surface area contributed by atoms with Crippen molar-refractivity contribution in [1.82, 2.24) is 4.57 Å². The molecule has 0 aliphatic rings. The van der Waals surface area contributed by atoms with Gasteiger partial charge in [-0.2, -0.15) is 0 Å². The van der Waals surface area contributed by atoms with E-state index in [0.717, 1.165) is 0 Å². The van der Waals surface area contributed by atoms with E-state index < -0.39 is 0 Å². The molecule has 1 aromatic heterocycles. The van der Waals surface area contributed by atoms with E-state index in [9.17, 15) is 9.59 Å². The molecule has 1 amide bonds. The van der Waals surface area contributed by atoms with Crippen LogP contribution in [0.25, 0.3) is 16.5 Å². The van der Waals surface area contributed by atoms with E-state index in [4.69, 9.17) is 21.1 Å². The van der Waals surface area contributed by atoms with Gasteiger partial charge in [0.25, 0.3) is 11.5 Å². The lowest BCUT2D eigenvalue weighted by atomic mass is 10.1. The van der Waals surface area contributed by atoms with Crippen LogP contribution in [-0.2, 0) is 0 Å². The molecule has 0 saturated heterocycles. The third-order valence-corrected chi connectivity index (χ3v) is 5.17. The predicted octanol–water partition coefficient (Wildman–Crippen LogP) is 4.91. The lowest BCUT2D eigenvalue weighted by Gasteiger charge is -2.14. The summed E-state index contributed by atoms with van der Waals surface area (Å²) >= 11 is 5.98. The maximum absolute atomic E-state index is 13.2. The Kier molecular flexibility index (Phi) is 5.64. The molecule has 1 heterocycles. The summed E-state index contributed by atoms with van der Waals surface area (Å²) in [5.74, 6) is 0.699. The molecule has 3 aromatic carbocycles. The fourth-order valence-electron chi connectivity index (χ4n) is 3.38. The van der Waals surface area contributed by atoms with Crippen LogP contribution in [0.4, 0.5) is 5.69 Å². The lowest BCUT2D eigenvalue weighted by Crippen LogP contribution is -2.22. The van der Waals surface area contributed by atoms with Gasteiger partial charge in [0.15, 0.2) is 11.5 Å². The lowest BCUT2D eigenvalue weighted by molar-refractivity contribution is 0.102. The average Bonchev–Trinajstić information content (AvgIpc) is 2.80. The minimum Gasteiger partial charge on any atom is -0.493 e. The van der Waals surface area contributed by atoms with Crippen LogP contribution in [0.2, 0.25) is 5.02 Å². The first kappa shape index (κ1) is 20.5. The third kappa shape index (κ3) is 3.98. The van der Waals surface area contributed by atoms with Crippen LogP contribution in [-0.4, -0.2) is 24.7 Å². The van der Waals surface area contributed by atoms with Crippen molar-refractivity contribution in [2.75, 3.05) is 19.5 Å². The molecule has 7 heteroatoms. The minimum atomic E-state index is -0.355. The van der Waals surface area contributed by atoms with Crippen molar-refractivity contribution >= 4 is 34.0 Å². The molecule has 0 spiro atoms. The highest BCUT2D eigenvalue weighted by atomic mass is 35.5. The van der Waals surface area contributed by atoms with Crippen LogP contribution < -0.4 is 20.3 Å². The van der Waals surface area contributed by atoms with Gasteiger partial charge in [-0.1, -0.05) is 29.8 Å². The number of pyridine rings is 1. The molecule has 0 fully saturated rings. The first-order valence-electron chi connectivity index (χ1n) is 9.45. The van der Waals surface area contributed by atoms with Crippen LogP contribution in [0.3, 0.4) is 0 Å². The van der Waals surface area contributed by atoms with E-state index in [1.165, 1.54) is 11.7 Å². The Morgan fingerprint density at radius 2 is 1.58 bits per heavy atom. The molecular weight excluding hydrogens is 416 g/mol. The monoisotopic (exact) mass is 434 g/mol. The first-order chi connectivity index (χ1) is 15.0. The van der Waals surface area contributed by atoms with Crippen molar-refractivity contribution < 1.29 is 14.3 Å². The summed E-state index contributed by atoms with van der Waals surface area (Å²) < 4.78 is 12.0. The fraction of sp³-hybridized carbons (Fsp3) is 0.0833. The molecule has 4 rings (SSSR count). The van der Waals surface area contributed by atoms with Crippen LogP contribution in [0, 0.1) is 0 Å². The largest absolute Gasteiger partial charge is 0.493 e. The van der Waals surface area contributed by atoms with Gasteiger partial charge in [-0.05, 0) is 42.5 Å². The standard InChI is InChI=1S/C24H19ClN2O4/c1-30-21-12-9-16(13-22(21)31-2)26-23(28)20-14-27(17-10-7-15(25)8-11-17)24(29)19-6-4-3-5-18(19)20/h3-14H,1-2H3,(H,26,28). The quantitative estimate of drug-likeness (QED) is 0.484. The van der Waals surface area contributed by atoms with Gasteiger partial charge in [0.1, 0.15) is 0 Å². The summed E-state index contributed by atoms with van der Waals surface area (Å²) in [5.41, 5.74) is 1.29. The van der Waals surface area contributed by atoms with E-state index >= 15 is 0 Å². The van der Waals surface area contributed by atoms with Gasteiger partial charge in [0.2, 0.25) is 0 Å². The molecule has 0 aliphatic heterocycles. The van der Waals surface area contributed by atoms with Crippen LogP contribution in [0.1, 0.15) is 10.4 Å². The van der Waals surface area contributed by atoms with Crippen molar-refractivity contribution in [1.29, 1.82) is 0 Å². The van der Waals surface area contributed by atoms with Crippen LogP contribution >= 0.6 is 11.6 Å². The Morgan fingerprint density at radius 3 is 2.26 bits per heavy atom. The van der Waals surface area contributed by atoms with Gasteiger partial charge in [0, 0.05) is 39.4 Å². The molecule has 0 bridgehead atoms. The zero-order valence-corrected chi connectivity index (χ0v) is 17.6. The minimum absolute atomic E-state index is 0.222. The Morgan fingerprint density at radius 1 is 0.903 bits per heavy atom. The molecule has 156 valence electrons. The topological polar surface area (TPSA) is 69.6 Å². The predicted molar refractivity (Wildman–Crippen MR) is 122 cm³/mol. The van der Waals surface area contributed by atoms with E-state index in [0.29, 0.717) is 44.2 Å². The molecule has 4 aromatic rings.